The van der Waals surface area contributed by atoms with E-state index in [1.165, 1.54) is 5.01 Å². The standard InChI is InChI=1S/C19H30N6OS.HI/c1-5-20-19(21-7-6-16-13-27-18(23-16)14(2)3)25-8-9-26-17(12-25)15-10-22-24(4)11-15;/h10-11,13-14,17H,5-9,12H2,1-4H3,(H,20,21);1H. The highest BCUT2D eigenvalue weighted by Crippen LogP contribution is 2.22. The SMILES string of the molecule is CCNC(=NCCc1csc(C(C)C)n1)N1CCOC(c2cnn(C)c2)C1.I. The van der Waals surface area contributed by atoms with Crippen molar-refractivity contribution in [3.8, 4) is 0 Å². The number of rotatable bonds is 6. The minimum atomic E-state index is 0. The molecule has 28 heavy (non-hydrogen) atoms. The summed E-state index contributed by atoms with van der Waals surface area (Å²) in [6, 6.07) is 0. The Labute approximate surface area is 188 Å². The Kier molecular flexibility index (Phi) is 9.16. The summed E-state index contributed by atoms with van der Waals surface area (Å²) >= 11 is 1.74. The third kappa shape index (κ3) is 6.15. The quantitative estimate of drug-likeness (QED) is 0.362. The summed E-state index contributed by atoms with van der Waals surface area (Å²) in [7, 11) is 1.93. The molecule has 0 saturated carbocycles. The van der Waals surface area contributed by atoms with E-state index >= 15 is 0 Å². The van der Waals surface area contributed by atoms with Crippen molar-refractivity contribution >= 4 is 41.3 Å². The second-order valence-electron chi connectivity index (χ2n) is 7.07. The lowest BCUT2D eigenvalue weighted by Gasteiger charge is -2.34. The van der Waals surface area contributed by atoms with Crippen molar-refractivity contribution in [2.75, 3.05) is 32.8 Å². The van der Waals surface area contributed by atoms with Crippen molar-refractivity contribution in [1.29, 1.82) is 0 Å². The minimum absolute atomic E-state index is 0. The minimum Gasteiger partial charge on any atom is -0.370 e. The van der Waals surface area contributed by atoms with Gasteiger partial charge in [-0.3, -0.25) is 9.67 Å². The van der Waals surface area contributed by atoms with Crippen LogP contribution in [0, 0.1) is 0 Å². The van der Waals surface area contributed by atoms with E-state index in [-0.39, 0.29) is 30.1 Å². The van der Waals surface area contributed by atoms with E-state index in [9.17, 15) is 0 Å². The number of aryl methyl sites for hydroxylation is 1. The molecule has 1 saturated heterocycles. The molecule has 3 rings (SSSR count). The van der Waals surface area contributed by atoms with Crippen LogP contribution in [0.3, 0.4) is 0 Å². The largest absolute Gasteiger partial charge is 0.370 e. The Morgan fingerprint density at radius 1 is 1.46 bits per heavy atom. The van der Waals surface area contributed by atoms with Crippen LogP contribution in [0.2, 0.25) is 0 Å². The van der Waals surface area contributed by atoms with Gasteiger partial charge in [0.25, 0.3) is 0 Å². The van der Waals surface area contributed by atoms with E-state index in [0.29, 0.717) is 12.5 Å². The topological polar surface area (TPSA) is 67.6 Å². The van der Waals surface area contributed by atoms with Crippen LogP contribution in [0.15, 0.2) is 22.8 Å². The molecular weight excluding hydrogens is 487 g/mol. The first-order valence-corrected chi connectivity index (χ1v) is 10.5. The van der Waals surface area contributed by atoms with Gasteiger partial charge in [-0.15, -0.1) is 35.3 Å². The summed E-state index contributed by atoms with van der Waals surface area (Å²) in [4.78, 5) is 11.8. The van der Waals surface area contributed by atoms with E-state index in [4.69, 9.17) is 14.7 Å². The number of aromatic nitrogens is 3. The van der Waals surface area contributed by atoms with Gasteiger partial charge in [-0.05, 0) is 6.92 Å². The Bertz CT molecular complexity index is 759. The van der Waals surface area contributed by atoms with Crippen molar-refractivity contribution in [2.45, 2.75) is 39.2 Å². The summed E-state index contributed by atoms with van der Waals surface area (Å²) in [5, 5.41) is 11.0. The number of nitrogens with zero attached hydrogens (tertiary/aromatic N) is 5. The zero-order chi connectivity index (χ0) is 19.2. The zero-order valence-corrected chi connectivity index (χ0v) is 20.2. The van der Waals surface area contributed by atoms with E-state index in [1.54, 1.807) is 11.3 Å². The van der Waals surface area contributed by atoms with Gasteiger partial charge in [-0.1, -0.05) is 13.8 Å². The molecule has 1 fully saturated rings. The highest BCUT2D eigenvalue weighted by molar-refractivity contribution is 14.0. The number of nitrogens with one attached hydrogen (secondary N) is 1. The molecule has 156 valence electrons. The molecule has 0 amide bonds. The third-order valence-electron chi connectivity index (χ3n) is 4.49. The predicted octanol–water partition coefficient (Wildman–Crippen LogP) is 3.20. The van der Waals surface area contributed by atoms with Gasteiger partial charge in [0, 0.05) is 56.2 Å². The first kappa shape index (κ1) is 23.1. The Morgan fingerprint density at radius 2 is 2.29 bits per heavy atom. The van der Waals surface area contributed by atoms with E-state index in [0.717, 1.165) is 49.8 Å². The smallest absolute Gasteiger partial charge is 0.194 e. The van der Waals surface area contributed by atoms with Crippen LogP contribution >= 0.6 is 35.3 Å². The van der Waals surface area contributed by atoms with Crippen LogP contribution in [-0.2, 0) is 18.2 Å². The molecule has 7 nitrogen and oxygen atoms in total. The number of guanidine groups is 1. The molecule has 0 spiro atoms. The molecule has 0 aliphatic carbocycles. The molecule has 1 aliphatic heterocycles. The lowest BCUT2D eigenvalue weighted by molar-refractivity contribution is -0.00803. The summed E-state index contributed by atoms with van der Waals surface area (Å²) < 4.78 is 7.76. The van der Waals surface area contributed by atoms with Gasteiger partial charge in [0.05, 0.1) is 30.1 Å². The number of morpholine rings is 1. The van der Waals surface area contributed by atoms with E-state index < -0.39 is 0 Å². The van der Waals surface area contributed by atoms with E-state index in [2.05, 4.69) is 41.5 Å². The number of aliphatic imine (C=N–C) groups is 1. The highest BCUT2D eigenvalue weighted by Gasteiger charge is 2.25. The number of ether oxygens (including phenoxy) is 1. The van der Waals surface area contributed by atoms with Crippen molar-refractivity contribution in [3.05, 3.63) is 34.0 Å². The average Bonchev–Trinajstić information content (AvgIpc) is 3.30. The van der Waals surface area contributed by atoms with Gasteiger partial charge < -0.3 is 15.0 Å². The summed E-state index contributed by atoms with van der Waals surface area (Å²) in [6.45, 7) is 10.4. The Hall–Kier alpha value is -1.20. The van der Waals surface area contributed by atoms with Gasteiger partial charge in [-0.2, -0.15) is 5.10 Å². The Morgan fingerprint density at radius 3 is 2.93 bits per heavy atom. The molecule has 9 heteroatoms. The maximum absolute atomic E-state index is 5.95. The molecule has 1 aliphatic rings. The molecule has 0 aromatic carbocycles. The molecule has 0 bridgehead atoms. The first-order chi connectivity index (χ1) is 13.1. The zero-order valence-electron chi connectivity index (χ0n) is 17.1. The summed E-state index contributed by atoms with van der Waals surface area (Å²) in [6.07, 6.45) is 4.80. The number of hydrogen-bond acceptors (Lipinski definition) is 5. The van der Waals surface area contributed by atoms with Crippen molar-refractivity contribution < 1.29 is 4.74 Å². The molecule has 1 N–H and O–H groups in total. The van der Waals surface area contributed by atoms with E-state index in [1.807, 2.05) is 24.1 Å². The maximum Gasteiger partial charge on any atom is 0.194 e. The van der Waals surface area contributed by atoms with Gasteiger partial charge >= 0.3 is 0 Å². The summed E-state index contributed by atoms with van der Waals surface area (Å²) in [5.74, 6) is 1.44. The highest BCUT2D eigenvalue weighted by atomic mass is 127. The van der Waals surface area contributed by atoms with Gasteiger partial charge in [-0.25, -0.2) is 4.98 Å². The average molecular weight is 518 g/mol. The Balaban J connectivity index is 0.00000280. The summed E-state index contributed by atoms with van der Waals surface area (Å²) in [5.41, 5.74) is 2.25. The van der Waals surface area contributed by atoms with Crippen molar-refractivity contribution in [1.82, 2.24) is 25.0 Å². The molecular formula is C19H31IN6OS. The second kappa shape index (κ2) is 11.1. The molecule has 1 atom stereocenters. The van der Waals surface area contributed by atoms with Crippen LogP contribution < -0.4 is 5.32 Å². The van der Waals surface area contributed by atoms with Gasteiger partial charge in [0.15, 0.2) is 5.96 Å². The van der Waals surface area contributed by atoms with Crippen LogP contribution in [0.4, 0.5) is 0 Å². The van der Waals surface area contributed by atoms with Crippen LogP contribution in [-0.4, -0.2) is 58.4 Å². The fraction of sp³-hybridized carbons (Fsp3) is 0.632. The fourth-order valence-electron chi connectivity index (χ4n) is 3.05. The maximum atomic E-state index is 5.95. The second-order valence-corrected chi connectivity index (χ2v) is 7.96. The lowest BCUT2D eigenvalue weighted by atomic mass is 10.1. The first-order valence-electron chi connectivity index (χ1n) is 9.64. The van der Waals surface area contributed by atoms with Gasteiger partial charge in [0.1, 0.15) is 6.10 Å². The number of halogens is 1. The molecule has 3 heterocycles. The number of hydrogen-bond donors (Lipinski definition) is 1. The normalized spacial score (nSPS) is 17.7. The third-order valence-corrected chi connectivity index (χ3v) is 5.68. The van der Waals surface area contributed by atoms with Gasteiger partial charge in [0.2, 0.25) is 0 Å². The monoisotopic (exact) mass is 518 g/mol. The van der Waals surface area contributed by atoms with Crippen LogP contribution in [0.1, 0.15) is 49.1 Å². The van der Waals surface area contributed by atoms with Crippen LogP contribution in [0.25, 0.3) is 0 Å². The molecule has 2 aromatic rings. The predicted molar refractivity (Wildman–Crippen MR) is 125 cm³/mol. The molecule has 2 aromatic heterocycles. The van der Waals surface area contributed by atoms with Crippen molar-refractivity contribution in [2.24, 2.45) is 12.0 Å². The molecule has 1 unspecified atom stereocenters. The molecule has 0 radical (unpaired) electrons. The lowest BCUT2D eigenvalue weighted by Crippen LogP contribution is -2.48. The van der Waals surface area contributed by atoms with Crippen LogP contribution in [0.5, 0.6) is 0 Å². The number of thiazole rings is 1. The fourth-order valence-corrected chi connectivity index (χ4v) is 3.92. The van der Waals surface area contributed by atoms with Crippen molar-refractivity contribution in [3.63, 3.8) is 0 Å².